The molecule has 0 unspecified atom stereocenters. The van der Waals surface area contributed by atoms with Crippen LogP contribution in [-0.2, 0) is 11.3 Å². The lowest BCUT2D eigenvalue weighted by Gasteiger charge is -2.32. The molecule has 1 aliphatic rings. The molecule has 1 saturated heterocycles. The van der Waals surface area contributed by atoms with Gasteiger partial charge in [-0.1, -0.05) is 23.4 Å². The SMILES string of the molecule is C[C@@H](c1ccon1)N(C)C(=O)COc1ccc(-c2ccc(F)cc2)cc1CN1CCN(C)CC1. The molecule has 1 amide bonds. The number of benzene rings is 2. The normalized spacial score (nSPS) is 15.8. The van der Waals surface area contributed by atoms with Crippen LogP contribution in [0.4, 0.5) is 4.39 Å². The minimum atomic E-state index is -0.260. The molecule has 1 aromatic heterocycles. The van der Waals surface area contributed by atoms with E-state index < -0.39 is 0 Å². The van der Waals surface area contributed by atoms with Crippen molar-refractivity contribution >= 4 is 5.91 Å². The Morgan fingerprint density at radius 2 is 1.82 bits per heavy atom. The van der Waals surface area contributed by atoms with Gasteiger partial charge >= 0.3 is 0 Å². The van der Waals surface area contributed by atoms with Gasteiger partial charge in [-0.2, -0.15) is 0 Å². The Labute approximate surface area is 199 Å². The van der Waals surface area contributed by atoms with Crippen molar-refractivity contribution in [3.8, 4) is 16.9 Å². The summed E-state index contributed by atoms with van der Waals surface area (Å²) < 4.78 is 24.3. The molecule has 1 aliphatic heterocycles. The van der Waals surface area contributed by atoms with Gasteiger partial charge in [-0.3, -0.25) is 9.69 Å². The number of carbonyl (C=O) groups excluding carboxylic acids is 1. The van der Waals surface area contributed by atoms with Crippen LogP contribution in [0.5, 0.6) is 5.75 Å². The number of ether oxygens (including phenoxy) is 1. The van der Waals surface area contributed by atoms with Crippen molar-refractivity contribution in [2.24, 2.45) is 0 Å². The average Bonchev–Trinajstić information content (AvgIpc) is 3.39. The van der Waals surface area contributed by atoms with E-state index in [1.807, 2.05) is 19.1 Å². The van der Waals surface area contributed by atoms with Gasteiger partial charge in [0, 0.05) is 51.4 Å². The number of rotatable bonds is 8. The van der Waals surface area contributed by atoms with Gasteiger partial charge in [0.05, 0.1) is 6.04 Å². The fourth-order valence-corrected chi connectivity index (χ4v) is 4.01. The first-order chi connectivity index (χ1) is 16.4. The van der Waals surface area contributed by atoms with Gasteiger partial charge in [0.1, 0.15) is 23.5 Å². The van der Waals surface area contributed by atoms with E-state index in [-0.39, 0.29) is 24.4 Å². The van der Waals surface area contributed by atoms with Crippen molar-refractivity contribution in [2.45, 2.75) is 19.5 Å². The Kier molecular flexibility index (Phi) is 7.59. The fourth-order valence-electron chi connectivity index (χ4n) is 4.01. The van der Waals surface area contributed by atoms with Crippen molar-refractivity contribution in [1.82, 2.24) is 19.9 Å². The number of carbonyl (C=O) groups is 1. The molecule has 180 valence electrons. The number of hydrogen-bond donors (Lipinski definition) is 0. The summed E-state index contributed by atoms with van der Waals surface area (Å²) in [5.41, 5.74) is 3.62. The first-order valence-corrected chi connectivity index (χ1v) is 11.5. The van der Waals surface area contributed by atoms with Gasteiger partial charge < -0.3 is 19.1 Å². The first-order valence-electron chi connectivity index (χ1n) is 11.5. The van der Waals surface area contributed by atoms with Crippen LogP contribution >= 0.6 is 0 Å². The molecule has 0 spiro atoms. The molecule has 34 heavy (non-hydrogen) atoms. The molecule has 0 N–H and O–H groups in total. The topological polar surface area (TPSA) is 62.1 Å². The third-order valence-electron chi connectivity index (χ3n) is 6.44. The highest BCUT2D eigenvalue weighted by Gasteiger charge is 2.21. The van der Waals surface area contributed by atoms with Gasteiger partial charge in [-0.15, -0.1) is 0 Å². The molecule has 2 aromatic carbocycles. The second-order valence-corrected chi connectivity index (χ2v) is 8.80. The van der Waals surface area contributed by atoms with Gasteiger partial charge in [0.15, 0.2) is 6.61 Å². The molecule has 2 heterocycles. The van der Waals surface area contributed by atoms with Crippen LogP contribution in [0.25, 0.3) is 11.1 Å². The molecule has 1 atom stereocenters. The average molecular weight is 467 g/mol. The van der Waals surface area contributed by atoms with Crippen molar-refractivity contribution in [3.05, 3.63) is 71.9 Å². The van der Waals surface area contributed by atoms with Crippen LogP contribution in [0.15, 0.2) is 59.3 Å². The highest BCUT2D eigenvalue weighted by molar-refractivity contribution is 5.78. The number of likely N-dealkylation sites (N-methyl/N-ethyl adjacent to an activating group) is 2. The highest BCUT2D eigenvalue weighted by Crippen LogP contribution is 2.29. The van der Waals surface area contributed by atoms with E-state index in [4.69, 9.17) is 9.26 Å². The summed E-state index contributed by atoms with van der Waals surface area (Å²) in [5.74, 6) is 0.271. The maximum absolute atomic E-state index is 13.4. The molecule has 7 nitrogen and oxygen atoms in total. The highest BCUT2D eigenvalue weighted by atomic mass is 19.1. The lowest BCUT2D eigenvalue weighted by atomic mass is 10.0. The number of hydrogen-bond acceptors (Lipinski definition) is 6. The Morgan fingerprint density at radius 3 is 2.50 bits per heavy atom. The molecule has 0 saturated carbocycles. The third-order valence-corrected chi connectivity index (χ3v) is 6.44. The predicted molar refractivity (Wildman–Crippen MR) is 128 cm³/mol. The third kappa shape index (κ3) is 5.81. The number of piperazine rings is 1. The van der Waals surface area contributed by atoms with E-state index in [0.717, 1.165) is 49.4 Å². The van der Waals surface area contributed by atoms with Crippen molar-refractivity contribution in [2.75, 3.05) is 46.9 Å². The summed E-state index contributed by atoms with van der Waals surface area (Å²) >= 11 is 0. The van der Waals surface area contributed by atoms with Gasteiger partial charge in [0.2, 0.25) is 0 Å². The molecule has 0 radical (unpaired) electrons. The van der Waals surface area contributed by atoms with E-state index in [1.54, 1.807) is 30.1 Å². The maximum atomic E-state index is 13.4. The van der Waals surface area contributed by atoms with Crippen LogP contribution in [0, 0.1) is 5.82 Å². The molecular formula is C26H31FN4O3. The van der Waals surface area contributed by atoms with Gasteiger partial charge in [0.25, 0.3) is 5.91 Å². The second-order valence-electron chi connectivity index (χ2n) is 8.80. The van der Waals surface area contributed by atoms with Crippen molar-refractivity contribution < 1.29 is 18.4 Å². The molecule has 4 rings (SSSR count). The smallest absolute Gasteiger partial charge is 0.260 e. The zero-order chi connectivity index (χ0) is 24.1. The second kappa shape index (κ2) is 10.8. The van der Waals surface area contributed by atoms with E-state index in [2.05, 4.69) is 28.1 Å². The summed E-state index contributed by atoms with van der Waals surface area (Å²) in [5, 5.41) is 3.92. The summed E-state index contributed by atoms with van der Waals surface area (Å²) in [4.78, 5) is 19.1. The summed E-state index contributed by atoms with van der Waals surface area (Å²) in [7, 11) is 3.86. The number of halogens is 1. The van der Waals surface area contributed by atoms with E-state index >= 15 is 0 Å². The summed E-state index contributed by atoms with van der Waals surface area (Å²) in [6, 6.07) is 13.9. The zero-order valence-corrected chi connectivity index (χ0v) is 19.9. The quantitative estimate of drug-likeness (QED) is 0.503. The zero-order valence-electron chi connectivity index (χ0n) is 19.9. The number of nitrogens with zero attached hydrogens (tertiary/aromatic N) is 4. The largest absolute Gasteiger partial charge is 0.483 e. The van der Waals surface area contributed by atoms with Crippen LogP contribution in [-0.4, -0.2) is 72.6 Å². The minimum absolute atomic E-state index is 0.0790. The van der Waals surface area contributed by atoms with E-state index in [9.17, 15) is 9.18 Å². The minimum Gasteiger partial charge on any atom is -0.483 e. The Hall–Kier alpha value is -3.23. The number of aromatic nitrogens is 1. The lowest BCUT2D eigenvalue weighted by Crippen LogP contribution is -2.43. The fraction of sp³-hybridized carbons (Fsp3) is 0.385. The van der Waals surface area contributed by atoms with Crippen molar-refractivity contribution in [3.63, 3.8) is 0 Å². The Morgan fingerprint density at radius 1 is 1.12 bits per heavy atom. The van der Waals surface area contributed by atoms with Crippen LogP contribution in [0.1, 0.15) is 24.2 Å². The van der Waals surface area contributed by atoms with E-state index in [0.29, 0.717) is 11.4 Å². The molecule has 1 fully saturated rings. The van der Waals surface area contributed by atoms with Crippen LogP contribution < -0.4 is 4.74 Å². The maximum Gasteiger partial charge on any atom is 0.260 e. The molecule has 3 aromatic rings. The van der Waals surface area contributed by atoms with Crippen molar-refractivity contribution in [1.29, 1.82) is 0 Å². The lowest BCUT2D eigenvalue weighted by molar-refractivity contribution is -0.134. The van der Waals surface area contributed by atoms with Gasteiger partial charge in [-0.25, -0.2) is 4.39 Å². The van der Waals surface area contributed by atoms with Gasteiger partial charge in [-0.05, 0) is 49.4 Å². The summed E-state index contributed by atoms with van der Waals surface area (Å²) in [6.45, 7) is 6.49. The standard InChI is InChI=1S/C26H31FN4O3/c1-19(24-10-15-34-28-24)30(3)26(32)18-33-25-9-6-21(20-4-7-23(27)8-5-20)16-22(25)17-31-13-11-29(2)12-14-31/h4-10,15-16,19H,11-14,17-18H2,1-3H3/t19-/m0/s1. The van der Waals surface area contributed by atoms with E-state index in [1.165, 1.54) is 18.4 Å². The Bertz CT molecular complexity index is 1080. The first kappa shape index (κ1) is 23.9. The molecule has 0 bridgehead atoms. The van der Waals surface area contributed by atoms with Crippen LogP contribution in [0.2, 0.25) is 0 Å². The molecule has 0 aliphatic carbocycles. The summed E-state index contributed by atoms with van der Waals surface area (Å²) in [6.07, 6.45) is 1.49. The number of amides is 1. The molecule has 8 heteroatoms. The predicted octanol–water partition coefficient (Wildman–Crippen LogP) is 3.83. The molecular weight excluding hydrogens is 435 g/mol. The monoisotopic (exact) mass is 466 g/mol. The Balaban J connectivity index is 1.50. The van der Waals surface area contributed by atoms with Crippen LogP contribution in [0.3, 0.4) is 0 Å².